The van der Waals surface area contributed by atoms with E-state index in [1.165, 1.54) is 18.2 Å². The zero-order chi connectivity index (χ0) is 20.0. The number of benzene rings is 2. The van der Waals surface area contributed by atoms with Gasteiger partial charge in [0.2, 0.25) is 11.5 Å². The molecule has 0 amide bonds. The molecule has 0 bridgehead atoms. The van der Waals surface area contributed by atoms with E-state index < -0.39 is 32.9 Å². The molecule has 0 atom stereocenters. The molecule has 0 aliphatic heterocycles. The maximum Gasteiger partial charge on any atom is 0.392 e. The lowest BCUT2D eigenvalue weighted by Crippen LogP contribution is -2.11. The van der Waals surface area contributed by atoms with Gasteiger partial charge in [0.25, 0.3) is 0 Å². The Bertz CT molecular complexity index is 863. The molecular weight excluding hydrogens is 356 g/mol. The number of esters is 1. The van der Waals surface area contributed by atoms with Gasteiger partial charge in [-0.3, -0.25) is 20.2 Å². The van der Waals surface area contributed by atoms with Gasteiger partial charge in [-0.25, -0.2) is 4.79 Å². The molecule has 0 aliphatic carbocycles. The van der Waals surface area contributed by atoms with Gasteiger partial charge in [0.1, 0.15) is 0 Å². The van der Waals surface area contributed by atoms with Crippen LogP contribution in [0.5, 0.6) is 11.5 Å². The first-order valence-electron chi connectivity index (χ1n) is 8.22. The average Bonchev–Trinajstić information content (AvgIpc) is 2.62. The molecule has 0 aromatic heterocycles. The highest BCUT2D eigenvalue weighted by Crippen LogP contribution is 2.43. The van der Waals surface area contributed by atoms with E-state index in [0.29, 0.717) is 6.42 Å². The van der Waals surface area contributed by atoms with Crippen molar-refractivity contribution in [2.75, 3.05) is 6.61 Å². The SMILES string of the molecule is CCCCOc1ccc(OC(=O)c2ccc(C)cc2)c([N+](=O)[O-])c1[N+](=O)[O-]. The van der Waals surface area contributed by atoms with Crippen LogP contribution in [0.4, 0.5) is 11.4 Å². The second-order valence-corrected chi connectivity index (χ2v) is 5.73. The first-order valence-corrected chi connectivity index (χ1v) is 8.22. The molecular formula is C18H18N2O7. The van der Waals surface area contributed by atoms with Gasteiger partial charge < -0.3 is 9.47 Å². The molecule has 0 saturated heterocycles. The predicted octanol–water partition coefficient (Wildman–Crippen LogP) is 4.21. The van der Waals surface area contributed by atoms with Crippen LogP contribution in [-0.4, -0.2) is 22.4 Å². The van der Waals surface area contributed by atoms with Crippen molar-refractivity contribution in [3.05, 3.63) is 67.8 Å². The molecule has 0 radical (unpaired) electrons. The molecule has 2 aromatic carbocycles. The number of unbranched alkanes of at least 4 members (excludes halogenated alkanes) is 1. The third-order valence-corrected chi connectivity index (χ3v) is 3.69. The van der Waals surface area contributed by atoms with Crippen LogP contribution in [0.15, 0.2) is 36.4 Å². The average molecular weight is 374 g/mol. The summed E-state index contributed by atoms with van der Waals surface area (Å²) in [5, 5.41) is 22.9. The van der Waals surface area contributed by atoms with E-state index >= 15 is 0 Å². The molecule has 0 spiro atoms. The summed E-state index contributed by atoms with van der Waals surface area (Å²) < 4.78 is 10.4. The smallest absolute Gasteiger partial charge is 0.392 e. The summed E-state index contributed by atoms with van der Waals surface area (Å²) in [6, 6.07) is 8.67. The van der Waals surface area contributed by atoms with E-state index in [9.17, 15) is 25.0 Å². The number of nitro benzene ring substituents is 2. The van der Waals surface area contributed by atoms with Crippen LogP contribution in [0.3, 0.4) is 0 Å². The molecule has 9 nitrogen and oxygen atoms in total. The van der Waals surface area contributed by atoms with E-state index in [4.69, 9.17) is 9.47 Å². The lowest BCUT2D eigenvalue weighted by atomic mass is 10.1. The van der Waals surface area contributed by atoms with Gasteiger partial charge in [-0.2, -0.15) is 0 Å². The molecule has 0 N–H and O–H groups in total. The van der Waals surface area contributed by atoms with Crippen molar-refractivity contribution < 1.29 is 24.1 Å². The Kier molecular flexibility index (Phi) is 6.42. The monoisotopic (exact) mass is 374 g/mol. The van der Waals surface area contributed by atoms with Crippen molar-refractivity contribution in [2.24, 2.45) is 0 Å². The molecule has 27 heavy (non-hydrogen) atoms. The number of hydrogen-bond acceptors (Lipinski definition) is 7. The summed E-state index contributed by atoms with van der Waals surface area (Å²) in [7, 11) is 0. The van der Waals surface area contributed by atoms with Gasteiger partial charge in [0.15, 0.2) is 0 Å². The summed E-state index contributed by atoms with van der Waals surface area (Å²) in [4.78, 5) is 33.2. The lowest BCUT2D eigenvalue weighted by Gasteiger charge is -2.09. The number of ether oxygens (including phenoxy) is 2. The minimum absolute atomic E-state index is 0.167. The molecule has 0 saturated carbocycles. The van der Waals surface area contributed by atoms with Gasteiger partial charge in [0.05, 0.1) is 22.0 Å². The summed E-state index contributed by atoms with van der Waals surface area (Å²) >= 11 is 0. The Hall–Kier alpha value is -3.49. The van der Waals surface area contributed by atoms with Crippen molar-refractivity contribution in [1.29, 1.82) is 0 Å². The highest BCUT2D eigenvalue weighted by molar-refractivity contribution is 5.92. The van der Waals surface area contributed by atoms with Crippen LogP contribution >= 0.6 is 0 Å². The highest BCUT2D eigenvalue weighted by atomic mass is 16.6. The second-order valence-electron chi connectivity index (χ2n) is 5.73. The molecule has 0 fully saturated rings. The topological polar surface area (TPSA) is 122 Å². The zero-order valence-corrected chi connectivity index (χ0v) is 14.8. The largest absolute Gasteiger partial charge is 0.487 e. The van der Waals surface area contributed by atoms with Gasteiger partial charge in [0, 0.05) is 0 Å². The molecule has 142 valence electrons. The van der Waals surface area contributed by atoms with Crippen molar-refractivity contribution in [3.63, 3.8) is 0 Å². The quantitative estimate of drug-likeness (QED) is 0.223. The summed E-state index contributed by atoms with van der Waals surface area (Å²) in [6.45, 7) is 3.92. The van der Waals surface area contributed by atoms with E-state index in [-0.39, 0.29) is 17.9 Å². The van der Waals surface area contributed by atoms with Crippen LogP contribution in [0.2, 0.25) is 0 Å². The second kappa shape index (κ2) is 8.75. The van der Waals surface area contributed by atoms with E-state index in [0.717, 1.165) is 18.1 Å². The standard InChI is InChI=1S/C18H18N2O7/c1-3-4-11-26-14-9-10-15(17(20(24)25)16(14)19(22)23)27-18(21)13-7-5-12(2)6-8-13/h5-10H,3-4,11H2,1-2H3. The van der Waals surface area contributed by atoms with Crippen LogP contribution in [0.1, 0.15) is 35.7 Å². The Morgan fingerprint density at radius 1 is 0.963 bits per heavy atom. The van der Waals surface area contributed by atoms with Crippen molar-refractivity contribution >= 4 is 17.3 Å². The Morgan fingerprint density at radius 3 is 2.07 bits per heavy atom. The van der Waals surface area contributed by atoms with Crippen LogP contribution in [0.25, 0.3) is 0 Å². The third kappa shape index (κ3) is 4.78. The molecule has 9 heteroatoms. The third-order valence-electron chi connectivity index (χ3n) is 3.69. The fourth-order valence-electron chi connectivity index (χ4n) is 2.27. The summed E-state index contributed by atoms with van der Waals surface area (Å²) in [5.41, 5.74) is -0.678. The Morgan fingerprint density at radius 2 is 1.52 bits per heavy atom. The number of hydrogen-bond donors (Lipinski definition) is 0. The fraction of sp³-hybridized carbons (Fsp3) is 0.278. The minimum Gasteiger partial charge on any atom is -0.487 e. The number of nitro groups is 2. The minimum atomic E-state index is -0.956. The maximum atomic E-state index is 12.2. The van der Waals surface area contributed by atoms with Crippen LogP contribution in [-0.2, 0) is 0 Å². The zero-order valence-electron chi connectivity index (χ0n) is 14.8. The van der Waals surface area contributed by atoms with Gasteiger partial charge in [-0.05, 0) is 37.6 Å². The first kappa shape index (κ1) is 19.8. The van der Waals surface area contributed by atoms with Crippen LogP contribution in [0, 0.1) is 27.2 Å². The van der Waals surface area contributed by atoms with Crippen molar-refractivity contribution in [2.45, 2.75) is 26.7 Å². The van der Waals surface area contributed by atoms with Gasteiger partial charge >= 0.3 is 17.3 Å². The Labute approximate surface area is 154 Å². The molecule has 2 rings (SSSR count). The Balaban J connectivity index is 2.42. The number of aryl methyl sites for hydroxylation is 1. The molecule has 0 aliphatic rings. The van der Waals surface area contributed by atoms with E-state index in [1.54, 1.807) is 12.1 Å². The number of nitrogens with zero attached hydrogens (tertiary/aromatic N) is 2. The van der Waals surface area contributed by atoms with E-state index in [1.807, 2.05) is 13.8 Å². The van der Waals surface area contributed by atoms with Crippen molar-refractivity contribution in [3.8, 4) is 11.5 Å². The van der Waals surface area contributed by atoms with E-state index in [2.05, 4.69) is 0 Å². The summed E-state index contributed by atoms with van der Waals surface area (Å²) in [6.07, 6.45) is 1.43. The first-order chi connectivity index (χ1) is 12.8. The maximum absolute atomic E-state index is 12.2. The number of carbonyl (C=O) groups is 1. The van der Waals surface area contributed by atoms with Gasteiger partial charge in [-0.1, -0.05) is 31.0 Å². The van der Waals surface area contributed by atoms with Crippen LogP contribution < -0.4 is 9.47 Å². The fourth-order valence-corrected chi connectivity index (χ4v) is 2.27. The van der Waals surface area contributed by atoms with Gasteiger partial charge in [-0.15, -0.1) is 0 Å². The molecule has 2 aromatic rings. The highest BCUT2D eigenvalue weighted by Gasteiger charge is 2.36. The lowest BCUT2D eigenvalue weighted by molar-refractivity contribution is -0.423. The van der Waals surface area contributed by atoms with Crippen molar-refractivity contribution in [1.82, 2.24) is 0 Å². The molecule has 0 heterocycles. The molecule has 0 unspecified atom stereocenters. The summed E-state index contributed by atoms with van der Waals surface area (Å²) in [5.74, 6) is -1.61. The predicted molar refractivity (Wildman–Crippen MR) is 96.3 cm³/mol. The normalized spacial score (nSPS) is 10.3. The number of rotatable bonds is 8. The number of carbonyl (C=O) groups excluding carboxylic acids is 1.